The molecule has 2 aromatic heterocycles. The van der Waals surface area contributed by atoms with Crippen LogP contribution in [0, 0.1) is 6.92 Å². The topological polar surface area (TPSA) is 76.9 Å². The molecule has 0 unspecified atom stereocenters. The van der Waals surface area contributed by atoms with Crippen molar-refractivity contribution in [2.24, 2.45) is 0 Å². The number of benzene rings is 3. The Kier molecular flexibility index (Phi) is 5.54. The molecule has 33 heavy (non-hydrogen) atoms. The zero-order valence-electron chi connectivity index (χ0n) is 17.9. The highest BCUT2D eigenvalue weighted by Gasteiger charge is 2.12. The van der Waals surface area contributed by atoms with Crippen LogP contribution >= 0.6 is 11.3 Å². The van der Waals surface area contributed by atoms with E-state index in [1.165, 1.54) is 22.4 Å². The Morgan fingerprint density at radius 3 is 2.55 bits per heavy atom. The molecule has 0 spiro atoms. The predicted octanol–water partition coefficient (Wildman–Crippen LogP) is 5.13. The lowest BCUT2D eigenvalue weighted by Gasteiger charge is -2.08. The van der Waals surface area contributed by atoms with Crippen molar-refractivity contribution in [2.45, 2.75) is 13.5 Å². The van der Waals surface area contributed by atoms with Crippen LogP contribution in [0.15, 0.2) is 89.7 Å². The summed E-state index contributed by atoms with van der Waals surface area (Å²) in [4.78, 5) is 29.6. The van der Waals surface area contributed by atoms with E-state index in [1.807, 2.05) is 60.7 Å². The standard InChI is InChI=1S/C26H20N4O2S/c1-17-7-12-21-23(15-17)33-26(28-21)19-8-10-20(11-9-19)27-25(32)22-13-14-24(31)30(29-22)16-18-5-3-2-4-6-18/h2-15H,16H2,1H3,(H,27,32). The van der Waals surface area contributed by atoms with Gasteiger partial charge in [0.1, 0.15) is 10.7 Å². The van der Waals surface area contributed by atoms with Gasteiger partial charge in [-0.05, 0) is 60.5 Å². The molecule has 0 aliphatic heterocycles. The van der Waals surface area contributed by atoms with Crippen molar-refractivity contribution in [1.82, 2.24) is 14.8 Å². The van der Waals surface area contributed by atoms with Crippen molar-refractivity contribution in [3.05, 3.63) is 112 Å². The minimum absolute atomic E-state index is 0.177. The number of thiazole rings is 1. The molecule has 0 fully saturated rings. The number of fused-ring (bicyclic) bond motifs is 1. The lowest BCUT2D eigenvalue weighted by atomic mass is 10.2. The number of aromatic nitrogens is 3. The normalized spacial score (nSPS) is 10.9. The van der Waals surface area contributed by atoms with Gasteiger partial charge in [0.05, 0.1) is 16.8 Å². The Labute approximate surface area is 194 Å². The second-order valence-electron chi connectivity index (χ2n) is 7.72. The number of anilines is 1. The number of carbonyl (C=O) groups is 1. The Balaban J connectivity index is 1.32. The van der Waals surface area contributed by atoms with Gasteiger partial charge >= 0.3 is 0 Å². The summed E-state index contributed by atoms with van der Waals surface area (Å²) < 4.78 is 2.45. The fourth-order valence-corrected chi connectivity index (χ4v) is 4.56. The van der Waals surface area contributed by atoms with Crippen molar-refractivity contribution >= 4 is 33.1 Å². The van der Waals surface area contributed by atoms with Crippen LogP contribution in [0.5, 0.6) is 0 Å². The lowest BCUT2D eigenvalue weighted by Crippen LogP contribution is -2.26. The molecule has 0 bridgehead atoms. The highest BCUT2D eigenvalue weighted by molar-refractivity contribution is 7.21. The molecule has 5 aromatic rings. The smallest absolute Gasteiger partial charge is 0.276 e. The van der Waals surface area contributed by atoms with Gasteiger partial charge in [-0.2, -0.15) is 5.10 Å². The summed E-state index contributed by atoms with van der Waals surface area (Å²) in [7, 11) is 0. The largest absolute Gasteiger partial charge is 0.321 e. The van der Waals surface area contributed by atoms with Crippen LogP contribution in [0.4, 0.5) is 5.69 Å². The Bertz CT molecular complexity index is 1510. The highest BCUT2D eigenvalue weighted by Crippen LogP contribution is 2.31. The molecule has 0 atom stereocenters. The molecule has 162 valence electrons. The number of aryl methyl sites for hydroxylation is 1. The maximum Gasteiger partial charge on any atom is 0.276 e. The maximum absolute atomic E-state index is 12.7. The van der Waals surface area contributed by atoms with Crippen LogP contribution in [0.25, 0.3) is 20.8 Å². The van der Waals surface area contributed by atoms with Crippen molar-refractivity contribution in [1.29, 1.82) is 0 Å². The Hall–Kier alpha value is -4.10. The molecule has 0 saturated heterocycles. The van der Waals surface area contributed by atoms with Crippen LogP contribution in [0.2, 0.25) is 0 Å². The summed E-state index contributed by atoms with van der Waals surface area (Å²) >= 11 is 1.64. The molecule has 5 rings (SSSR count). The van der Waals surface area contributed by atoms with E-state index in [2.05, 4.69) is 29.5 Å². The number of nitrogens with zero attached hydrogens (tertiary/aromatic N) is 3. The number of rotatable bonds is 5. The number of carbonyl (C=O) groups excluding carboxylic acids is 1. The van der Waals surface area contributed by atoms with E-state index < -0.39 is 0 Å². The molecule has 0 radical (unpaired) electrons. The quantitative estimate of drug-likeness (QED) is 0.401. The molecular formula is C26H20N4O2S. The summed E-state index contributed by atoms with van der Waals surface area (Å²) in [6.07, 6.45) is 0. The summed E-state index contributed by atoms with van der Waals surface area (Å²) in [5, 5.41) is 8.03. The van der Waals surface area contributed by atoms with Crippen LogP contribution < -0.4 is 10.9 Å². The van der Waals surface area contributed by atoms with Crippen molar-refractivity contribution in [3.63, 3.8) is 0 Å². The second-order valence-corrected chi connectivity index (χ2v) is 8.75. The number of amides is 1. The molecule has 1 N–H and O–H groups in total. The first-order valence-corrected chi connectivity index (χ1v) is 11.3. The fraction of sp³-hybridized carbons (Fsp3) is 0.0769. The highest BCUT2D eigenvalue weighted by atomic mass is 32.1. The number of nitrogens with one attached hydrogen (secondary N) is 1. The molecule has 7 heteroatoms. The zero-order chi connectivity index (χ0) is 22.8. The lowest BCUT2D eigenvalue weighted by molar-refractivity contribution is 0.102. The first-order valence-electron chi connectivity index (χ1n) is 10.5. The summed E-state index contributed by atoms with van der Waals surface area (Å²) in [5.41, 5.74) is 4.67. The van der Waals surface area contributed by atoms with Gasteiger partial charge in [-0.15, -0.1) is 11.3 Å². The molecule has 3 aromatic carbocycles. The monoisotopic (exact) mass is 452 g/mol. The average Bonchev–Trinajstić information content (AvgIpc) is 3.25. The zero-order valence-corrected chi connectivity index (χ0v) is 18.7. The molecule has 1 amide bonds. The third-order valence-corrected chi connectivity index (χ3v) is 6.28. The number of hydrogen-bond donors (Lipinski definition) is 1. The van der Waals surface area contributed by atoms with E-state index in [0.717, 1.165) is 26.4 Å². The molecule has 0 saturated carbocycles. The van der Waals surface area contributed by atoms with E-state index in [1.54, 1.807) is 11.3 Å². The molecular weight excluding hydrogens is 432 g/mol. The average molecular weight is 453 g/mol. The number of hydrogen-bond acceptors (Lipinski definition) is 5. The first-order chi connectivity index (χ1) is 16.0. The predicted molar refractivity (Wildman–Crippen MR) is 132 cm³/mol. The van der Waals surface area contributed by atoms with Gasteiger partial charge < -0.3 is 5.32 Å². The third kappa shape index (κ3) is 4.58. The van der Waals surface area contributed by atoms with E-state index in [9.17, 15) is 9.59 Å². The van der Waals surface area contributed by atoms with Crippen molar-refractivity contribution < 1.29 is 4.79 Å². The summed E-state index contributed by atoms with van der Waals surface area (Å²) in [6, 6.07) is 26.1. The van der Waals surface area contributed by atoms with Crippen molar-refractivity contribution in [3.8, 4) is 10.6 Å². The van der Waals surface area contributed by atoms with Crippen molar-refractivity contribution in [2.75, 3.05) is 5.32 Å². The van der Waals surface area contributed by atoms with Gasteiger partial charge in [-0.1, -0.05) is 36.4 Å². The Morgan fingerprint density at radius 1 is 0.970 bits per heavy atom. The van der Waals surface area contributed by atoms with Crippen LogP contribution in [0.1, 0.15) is 21.6 Å². The minimum atomic E-state index is -0.375. The fourth-order valence-electron chi connectivity index (χ4n) is 3.49. The first kappa shape index (κ1) is 20.8. The Morgan fingerprint density at radius 2 is 1.76 bits per heavy atom. The van der Waals surface area contributed by atoms with E-state index >= 15 is 0 Å². The van der Waals surface area contributed by atoms with Gasteiger partial charge in [0, 0.05) is 17.3 Å². The SMILES string of the molecule is Cc1ccc2nc(-c3ccc(NC(=O)c4ccc(=O)n(Cc5ccccc5)n4)cc3)sc2c1. The summed E-state index contributed by atoms with van der Waals surface area (Å²) in [5.74, 6) is -0.375. The molecule has 0 aliphatic rings. The molecule has 6 nitrogen and oxygen atoms in total. The van der Waals surface area contributed by atoms with Gasteiger partial charge in [0.2, 0.25) is 0 Å². The van der Waals surface area contributed by atoms with Gasteiger partial charge in [0.25, 0.3) is 11.5 Å². The molecule has 2 heterocycles. The van der Waals surface area contributed by atoms with Crippen LogP contribution in [-0.2, 0) is 6.54 Å². The van der Waals surface area contributed by atoms with Gasteiger partial charge in [-0.3, -0.25) is 9.59 Å². The second kappa shape index (κ2) is 8.80. The van der Waals surface area contributed by atoms with E-state index in [4.69, 9.17) is 4.98 Å². The third-order valence-electron chi connectivity index (χ3n) is 5.21. The maximum atomic E-state index is 12.7. The summed E-state index contributed by atoms with van der Waals surface area (Å²) in [6.45, 7) is 2.37. The van der Waals surface area contributed by atoms with E-state index in [0.29, 0.717) is 12.2 Å². The van der Waals surface area contributed by atoms with Crippen LogP contribution in [0.3, 0.4) is 0 Å². The minimum Gasteiger partial charge on any atom is -0.321 e. The molecule has 0 aliphatic carbocycles. The van der Waals surface area contributed by atoms with Gasteiger partial charge in [0.15, 0.2) is 0 Å². The van der Waals surface area contributed by atoms with Crippen LogP contribution in [-0.4, -0.2) is 20.7 Å². The van der Waals surface area contributed by atoms with E-state index in [-0.39, 0.29) is 17.2 Å². The van der Waals surface area contributed by atoms with Gasteiger partial charge in [-0.25, -0.2) is 9.67 Å².